The van der Waals surface area contributed by atoms with Crippen molar-refractivity contribution in [2.45, 2.75) is 12.6 Å². The lowest BCUT2D eigenvalue weighted by molar-refractivity contribution is -0.134. The van der Waals surface area contributed by atoms with E-state index in [9.17, 15) is 4.79 Å². The Labute approximate surface area is 105 Å². The molecule has 0 bridgehead atoms. The number of carbonyl (C=O) groups is 1. The Morgan fingerprint density at radius 3 is 2.17 bits per heavy atom. The minimum atomic E-state index is -0.167. The van der Waals surface area contributed by atoms with Crippen molar-refractivity contribution in [3.63, 3.8) is 0 Å². The Morgan fingerprint density at radius 1 is 0.944 bits per heavy atom. The highest BCUT2D eigenvalue weighted by atomic mass is 16.5. The standard InChI is InChI=1S/C15H13NO2/c17-14-10-15(16-14)18-13-8-6-12(7-9-13)11-4-2-1-3-5-11/h1-9,15H,10H2,(H,16,17). The smallest absolute Gasteiger partial charge is 0.228 e. The topological polar surface area (TPSA) is 38.3 Å². The Bertz CT molecular complexity index is 540. The number of carbonyl (C=O) groups excluding carboxylic acids is 1. The van der Waals surface area contributed by atoms with Gasteiger partial charge in [0.25, 0.3) is 0 Å². The van der Waals surface area contributed by atoms with Crippen molar-refractivity contribution in [3.8, 4) is 16.9 Å². The quantitative estimate of drug-likeness (QED) is 0.836. The van der Waals surface area contributed by atoms with Crippen molar-refractivity contribution >= 4 is 5.91 Å². The molecule has 3 rings (SSSR count). The van der Waals surface area contributed by atoms with Crippen LogP contribution in [0.15, 0.2) is 54.6 Å². The number of hydrogen-bond donors (Lipinski definition) is 1. The summed E-state index contributed by atoms with van der Waals surface area (Å²) in [6, 6.07) is 18.1. The number of β-lactam (4-membered cyclic amide) rings is 1. The zero-order valence-electron chi connectivity index (χ0n) is 9.80. The summed E-state index contributed by atoms with van der Waals surface area (Å²) in [7, 11) is 0. The number of hydrogen-bond acceptors (Lipinski definition) is 2. The molecule has 1 heterocycles. The summed E-state index contributed by atoms with van der Waals surface area (Å²) in [6.45, 7) is 0. The van der Waals surface area contributed by atoms with Crippen LogP contribution in [0.5, 0.6) is 5.75 Å². The molecule has 1 aliphatic rings. The predicted molar refractivity (Wildman–Crippen MR) is 69.1 cm³/mol. The average Bonchev–Trinajstić information content (AvgIpc) is 2.39. The normalized spacial score (nSPS) is 17.8. The first-order chi connectivity index (χ1) is 8.81. The van der Waals surface area contributed by atoms with Crippen molar-refractivity contribution < 1.29 is 9.53 Å². The molecule has 18 heavy (non-hydrogen) atoms. The van der Waals surface area contributed by atoms with E-state index in [0.717, 1.165) is 11.3 Å². The molecular formula is C15H13NO2. The highest BCUT2D eigenvalue weighted by molar-refractivity contribution is 5.82. The molecule has 3 heteroatoms. The van der Waals surface area contributed by atoms with Gasteiger partial charge in [0.2, 0.25) is 5.91 Å². The van der Waals surface area contributed by atoms with Crippen molar-refractivity contribution in [1.29, 1.82) is 0 Å². The highest BCUT2D eigenvalue weighted by Crippen LogP contribution is 2.23. The minimum absolute atomic E-state index is 0.0425. The summed E-state index contributed by atoms with van der Waals surface area (Å²) in [5.41, 5.74) is 2.33. The molecule has 1 unspecified atom stereocenters. The van der Waals surface area contributed by atoms with Gasteiger partial charge in [0.1, 0.15) is 5.75 Å². The third-order valence-electron chi connectivity index (χ3n) is 2.93. The molecule has 1 N–H and O–H groups in total. The van der Waals surface area contributed by atoms with E-state index in [1.54, 1.807) is 0 Å². The first kappa shape index (κ1) is 10.8. The van der Waals surface area contributed by atoms with Gasteiger partial charge in [0.05, 0.1) is 6.42 Å². The Kier molecular flexibility index (Phi) is 2.73. The Hall–Kier alpha value is -2.29. The number of amides is 1. The summed E-state index contributed by atoms with van der Waals surface area (Å²) in [4.78, 5) is 10.7. The average molecular weight is 239 g/mol. The SMILES string of the molecule is O=C1CC(Oc2ccc(-c3ccccc3)cc2)N1. The van der Waals surface area contributed by atoms with E-state index in [1.165, 1.54) is 5.56 Å². The van der Waals surface area contributed by atoms with Crippen LogP contribution < -0.4 is 10.1 Å². The third kappa shape index (κ3) is 2.20. The van der Waals surface area contributed by atoms with E-state index >= 15 is 0 Å². The number of rotatable bonds is 3. The zero-order chi connectivity index (χ0) is 12.4. The second-order valence-corrected chi connectivity index (χ2v) is 4.27. The van der Waals surface area contributed by atoms with Gasteiger partial charge in [-0.15, -0.1) is 0 Å². The number of nitrogens with one attached hydrogen (secondary N) is 1. The van der Waals surface area contributed by atoms with Crippen molar-refractivity contribution in [2.24, 2.45) is 0 Å². The lowest BCUT2D eigenvalue weighted by Gasteiger charge is -2.27. The van der Waals surface area contributed by atoms with Gasteiger partial charge in [0, 0.05) is 0 Å². The van der Waals surface area contributed by atoms with Crippen molar-refractivity contribution in [3.05, 3.63) is 54.6 Å². The molecule has 1 fully saturated rings. The Morgan fingerprint density at radius 2 is 1.56 bits per heavy atom. The van der Waals surface area contributed by atoms with Crippen LogP contribution in [0.2, 0.25) is 0 Å². The molecule has 0 saturated carbocycles. The Balaban J connectivity index is 1.71. The molecule has 1 aliphatic heterocycles. The van der Waals surface area contributed by atoms with Crippen LogP contribution in [0.1, 0.15) is 6.42 Å². The van der Waals surface area contributed by atoms with Gasteiger partial charge in [-0.3, -0.25) is 4.79 Å². The van der Waals surface area contributed by atoms with Crippen LogP contribution in [-0.4, -0.2) is 12.1 Å². The summed E-state index contributed by atoms with van der Waals surface area (Å²) >= 11 is 0. The van der Waals surface area contributed by atoms with Gasteiger partial charge in [-0.25, -0.2) is 0 Å². The van der Waals surface area contributed by atoms with Gasteiger partial charge in [0.15, 0.2) is 6.23 Å². The molecule has 0 aromatic heterocycles. The predicted octanol–water partition coefficient (Wildman–Crippen LogP) is 2.58. The van der Waals surface area contributed by atoms with E-state index in [1.807, 2.05) is 42.5 Å². The van der Waals surface area contributed by atoms with E-state index in [4.69, 9.17) is 4.74 Å². The first-order valence-electron chi connectivity index (χ1n) is 5.93. The maximum absolute atomic E-state index is 10.7. The van der Waals surface area contributed by atoms with E-state index in [-0.39, 0.29) is 12.1 Å². The molecule has 0 aliphatic carbocycles. The van der Waals surface area contributed by atoms with Gasteiger partial charge in [-0.2, -0.15) is 0 Å². The first-order valence-corrected chi connectivity index (χ1v) is 5.93. The van der Waals surface area contributed by atoms with Gasteiger partial charge in [-0.05, 0) is 23.3 Å². The van der Waals surface area contributed by atoms with Gasteiger partial charge >= 0.3 is 0 Å². The molecule has 0 spiro atoms. The fourth-order valence-electron chi connectivity index (χ4n) is 1.92. The van der Waals surface area contributed by atoms with E-state index in [2.05, 4.69) is 17.4 Å². The van der Waals surface area contributed by atoms with Crippen LogP contribution in [0, 0.1) is 0 Å². The molecule has 3 nitrogen and oxygen atoms in total. The minimum Gasteiger partial charge on any atom is -0.470 e. The monoisotopic (exact) mass is 239 g/mol. The van der Waals surface area contributed by atoms with Crippen LogP contribution >= 0.6 is 0 Å². The fraction of sp³-hybridized carbons (Fsp3) is 0.133. The second-order valence-electron chi connectivity index (χ2n) is 4.27. The highest BCUT2D eigenvalue weighted by Gasteiger charge is 2.26. The molecule has 0 radical (unpaired) electrons. The van der Waals surface area contributed by atoms with Gasteiger partial charge < -0.3 is 10.1 Å². The third-order valence-corrected chi connectivity index (χ3v) is 2.93. The molecule has 2 aromatic carbocycles. The molecule has 1 atom stereocenters. The fourth-order valence-corrected chi connectivity index (χ4v) is 1.92. The lowest BCUT2D eigenvalue weighted by atomic mass is 10.1. The molecule has 90 valence electrons. The molecule has 2 aromatic rings. The summed E-state index contributed by atoms with van der Waals surface area (Å²) in [6.07, 6.45) is 0.278. The summed E-state index contributed by atoms with van der Waals surface area (Å²) < 4.78 is 5.58. The van der Waals surface area contributed by atoms with Gasteiger partial charge in [-0.1, -0.05) is 42.5 Å². The lowest BCUT2D eigenvalue weighted by Crippen LogP contribution is -2.51. The molecule has 1 amide bonds. The maximum atomic E-state index is 10.7. The van der Waals surface area contributed by atoms with E-state index in [0.29, 0.717) is 6.42 Å². The van der Waals surface area contributed by atoms with Crippen LogP contribution in [-0.2, 0) is 4.79 Å². The van der Waals surface area contributed by atoms with E-state index < -0.39 is 0 Å². The number of ether oxygens (including phenoxy) is 1. The zero-order valence-corrected chi connectivity index (χ0v) is 9.80. The van der Waals surface area contributed by atoms with Crippen molar-refractivity contribution in [2.75, 3.05) is 0 Å². The molecule has 1 saturated heterocycles. The van der Waals surface area contributed by atoms with Crippen LogP contribution in [0.4, 0.5) is 0 Å². The molecular weight excluding hydrogens is 226 g/mol. The second kappa shape index (κ2) is 4.53. The number of benzene rings is 2. The van der Waals surface area contributed by atoms with Crippen molar-refractivity contribution in [1.82, 2.24) is 5.32 Å². The maximum Gasteiger partial charge on any atom is 0.228 e. The largest absolute Gasteiger partial charge is 0.470 e. The van der Waals surface area contributed by atoms with Crippen LogP contribution in [0.25, 0.3) is 11.1 Å². The van der Waals surface area contributed by atoms with Crippen LogP contribution in [0.3, 0.4) is 0 Å². The summed E-state index contributed by atoms with van der Waals surface area (Å²) in [5.74, 6) is 0.820. The summed E-state index contributed by atoms with van der Waals surface area (Å²) in [5, 5.41) is 2.68.